The fourth-order valence-electron chi connectivity index (χ4n) is 2.22. The van der Waals surface area contributed by atoms with E-state index in [4.69, 9.17) is 12.2 Å². The Morgan fingerprint density at radius 2 is 1.65 bits per heavy atom. The van der Waals surface area contributed by atoms with Crippen molar-refractivity contribution in [3.05, 3.63) is 70.6 Å². The zero-order valence-electron chi connectivity index (χ0n) is 13.2. The Bertz CT molecular complexity index is 896. The Labute approximate surface area is 157 Å². The van der Waals surface area contributed by atoms with Gasteiger partial charge in [0.05, 0.1) is 4.91 Å². The van der Waals surface area contributed by atoms with Crippen molar-refractivity contribution in [2.75, 3.05) is 11.9 Å². The number of nitrogens with one attached hydrogen (secondary N) is 1. The van der Waals surface area contributed by atoms with Gasteiger partial charge in [0.15, 0.2) is 0 Å². The van der Waals surface area contributed by atoms with Crippen LogP contribution in [0.25, 0.3) is 6.08 Å². The number of nitrogens with zero attached hydrogens (tertiary/aromatic N) is 1. The third-order valence-corrected chi connectivity index (χ3v) is 4.85. The van der Waals surface area contributed by atoms with Crippen LogP contribution in [0.15, 0.2) is 53.4 Å². The maximum absolute atomic E-state index is 13.0. The quantitative estimate of drug-likeness (QED) is 0.637. The molecule has 0 unspecified atom stereocenters. The zero-order chi connectivity index (χ0) is 18.7. The maximum Gasteiger partial charge on any atom is 0.266 e. The Balaban J connectivity index is 1.67. The summed E-state index contributed by atoms with van der Waals surface area (Å²) in [6, 6.07) is 11.0. The van der Waals surface area contributed by atoms with Crippen LogP contribution >= 0.6 is 24.0 Å². The summed E-state index contributed by atoms with van der Waals surface area (Å²) in [6.07, 6.45) is 1.59. The summed E-state index contributed by atoms with van der Waals surface area (Å²) < 4.78 is 26.1. The highest BCUT2D eigenvalue weighted by atomic mass is 32.2. The van der Waals surface area contributed by atoms with E-state index in [9.17, 15) is 18.4 Å². The minimum absolute atomic E-state index is 0.247. The average Bonchev–Trinajstić information content (AvgIpc) is 2.86. The van der Waals surface area contributed by atoms with E-state index in [0.717, 1.165) is 11.8 Å². The summed E-state index contributed by atoms with van der Waals surface area (Å²) in [7, 11) is 0. The lowest BCUT2D eigenvalue weighted by Crippen LogP contribution is -2.36. The standard InChI is InChI=1S/C18H12F2N2O2S2/c19-12-3-1-11(2-4-12)9-15-17(24)22(18(25)26-15)10-16(23)21-14-7-5-13(20)6-8-14/h1-9H,10H2,(H,21,23)/b15-9-. The number of benzene rings is 2. The molecule has 0 saturated carbocycles. The molecule has 1 heterocycles. The Morgan fingerprint density at radius 1 is 1.08 bits per heavy atom. The molecule has 0 radical (unpaired) electrons. The van der Waals surface area contributed by atoms with Crippen LogP contribution in [0.1, 0.15) is 5.56 Å². The van der Waals surface area contributed by atoms with Crippen molar-refractivity contribution in [3.8, 4) is 0 Å². The normalized spacial score (nSPS) is 15.6. The monoisotopic (exact) mass is 390 g/mol. The van der Waals surface area contributed by atoms with E-state index in [1.807, 2.05) is 0 Å². The summed E-state index contributed by atoms with van der Waals surface area (Å²) in [5.74, 6) is -1.62. The second kappa shape index (κ2) is 7.76. The van der Waals surface area contributed by atoms with Crippen LogP contribution in [0.3, 0.4) is 0 Å². The van der Waals surface area contributed by atoms with Crippen molar-refractivity contribution in [3.63, 3.8) is 0 Å². The van der Waals surface area contributed by atoms with Gasteiger partial charge in [0.25, 0.3) is 5.91 Å². The van der Waals surface area contributed by atoms with Crippen molar-refractivity contribution in [1.29, 1.82) is 0 Å². The van der Waals surface area contributed by atoms with Gasteiger partial charge in [-0.2, -0.15) is 0 Å². The molecule has 1 aliphatic heterocycles. The summed E-state index contributed by atoms with van der Waals surface area (Å²) >= 11 is 6.25. The van der Waals surface area contributed by atoms with E-state index in [2.05, 4.69) is 5.32 Å². The molecule has 2 amide bonds. The van der Waals surface area contributed by atoms with Gasteiger partial charge in [-0.25, -0.2) is 8.78 Å². The zero-order valence-corrected chi connectivity index (χ0v) is 14.9. The van der Waals surface area contributed by atoms with Crippen molar-refractivity contribution in [2.45, 2.75) is 0 Å². The number of carbonyl (C=O) groups is 2. The first-order valence-electron chi connectivity index (χ1n) is 7.49. The molecule has 1 aliphatic rings. The third-order valence-electron chi connectivity index (χ3n) is 3.47. The maximum atomic E-state index is 13.0. The number of anilines is 1. The van der Waals surface area contributed by atoms with Gasteiger partial charge >= 0.3 is 0 Å². The van der Waals surface area contributed by atoms with Gasteiger partial charge < -0.3 is 5.32 Å². The molecular formula is C18H12F2N2O2S2. The number of rotatable bonds is 4. The number of hydrogen-bond acceptors (Lipinski definition) is 4. The molecule has 2 aromatic carbocycles. The highest BCUT2D eigenvalue weighted by Gasteiger charge is 2.33. The summed E-state index contributed by atoms with van der Waals surface area (Å²) in [6.45, 7) is -0.247. The number of carbonyl (C=O) groups excluding carboxylic acids is 2. The van der Waals surface area contributed by atoms with E-state index >= 15 is 0 Å². The van der Waals surface area contributed by atoms with Crippen molar-refractivity contribution >= 4 is 51.9 Å². The van der Waals surface area contributed by atoms with Gasteiger partial charge in [0, 0.05) is 5.69 Å². The van der Waals surface area contributed by atoms with Gasteiger partial charge in [-0.05, 0) is 48.0 Å². The van der Waals surface area contributed by atoms with E-state index in [0.29, 0.717) is 16.2 Å². The molecule has 0 bridgehead atoms. The van der Waals surface area contributed by atoms with Crippen LogP contribution in [-0.4, -0.2) is 27.6 Å². The number of amides is 2. The topological polar surface area (TPSA) is 49.4 Å². The van der Waals surface area contributed by atoms with Crippen molar-refractivity contribution < 1.29 is 18.4 Å². The second-order valence-electron chi connectivity index (χ2n) is 5.37. The largest absolute Gasteiger partial charge is 0.325 e. The second-order valence-corrected chi connectivity index (χ2v) is 7.05. The fourth-order valence-corrected chi connectivity index (χ4v) is 3.48. The van der Waals surface area contributed by atoms with E-state index in [-0.39, 0.29) is 16.7 Å². The molecule has 0 aliphatic carbocycles. The van der Waals surface area contributed by atoms with Crippen molar-refractivity contribution in [1.82, 2.24) is 4.90 Å². The van der Waals surface area contributed by atoms with Crippen LogP contribution in [0.2, 0.25) is 0 Å². The highest BCUT2D eigenvalue weighted by Crippen LogP contribution is 2.32. The molecule has 2 aromatic rings. The predicted octanol–water partition coefficient (Wildman–Crippen LogP) is 3.80. The van der Waals surface area contributed by atoms with Crippen LogP contribution in [-0.2, 0) is 9.59 Å². The smallest absolute Gasteiger partial charge is 0.266 e. The van der Waals surface area contributed by atoms with E-state index in [1.54, 1.807) is 18.2 Å². The lowest BCUT2D eigenvalue weighted by Gasteiger charge is -2.14. The van der Waals surface area contributed by atoms with E-state index in [1.165, 1.54) is 41.3 Å². The van der Waals surface area contributed by atoms with Crippen molar-refractivity contribution in [2.24, 2.45) is 0 Å². The van der Waals surface area contributed by atoms with Gasteiger partial charge in [0.2, 0.25) is 5.91 Å². The molecule has 0 atom stereocenters. The first-order chi connectivity index (χ1) is 12.4. The molecule has 0 spiro atoms. The highest BCUT2D eigenvalue weighted by molar-refractivity contribution is 8.26. The Morgan fingerprint density at radius 3 is 2.27 bits per heavy atom. The first-order valence-corrected chi connectivity index (χ1v) is 8.71. The van der Waals surface area contributed by atoms with Crippen LogP contribution in [0.5, 0.6) is 0 Å². The SMILES string of the molecule is O=C(CN1C(=O)/C(=C/c2ccc(F)cc2)SC1=S)Nc1ccc(F)cc1. The Hall–Kier alpha value is -2.58. The van der Waals surface area contributed by atoms with Crippen LogP contribution in [0.4, 0.5) is 14.5 Å². The van der Waals surface area contributed by atoms with Crippen LogP contribution in [0, 0.1) is 11.6 Å². The molecule has 1 N–H and O–H groups in total. The molecule has 132 valence electrons. The summed E-state index contributed by atoms with van der Waals surface area (Å²) in [5.41, 5.74) is 1.08. The van der Waals surface area contributed by atoms with Crippen LogP contribution < -0.4 is 5.32 Å². The molecular weight excluding hydrogens is 378 g/mol. The molecule has 0 aromatic heterocycles. The molecule has 26 heavy (non-hydrogen) atoms. The molecule has 1 saturated heterocycles. The first kappa shape index (κ1) is 18.2. The molecule has 1 fully saturated rings. The number of hydrogen-bond donors (Lipinski definition) is 1. The van der Waals surface area contributed by atoms with E-state index < -0.39 is 17.6 Å². The van der Waals surface area contributed by atoms with Gasteiger partial charge in [-0.15, -0.1) is 0 Å². The summed E-state index contributed by atoms with van der Waals surface area (Å²) in [5, 5.41) is 2.58. The molecule has 8 heteroatoms. The molecule has 4 nitrogen and oxygen atoms in total. The third kappa shape index (κ3) is 4.33. The fraction of sp³-hybridized carbons (Fsp3) is 0.0556. The number of thiocarbonyl (C=S) groups is 1. The van der Waals surface area contributed by atoms with Gasteiger partial charge in [-0.3, -0.25) is 14.5 Å². The predicted molar refractivity (Wildman–Crippen MR) is 101 cm³/mol. The summed E-state index contributed by atoms with van der Waals surface area (Å²) in [4.78, 5) is 26.1. The number of halogens is 2. The lowest BCUT2D eigenvalue weighted by atomic mass is 10.2. The molecule has 3 rings (SSSR count). The average molecular weight is 390 g/mol. The minimum atomic E-state index is -0.448. The van der Waals surface area contributed by atoms with Gasteiger partial charge in [0.1, 0.15) is 22.5 Å². The number of thioether (sulfide) groups is 1. The minimum Gasteiger partial charge on any atom is -0.325 e. The van der Waals surface area contributed by atoms with Gasteiger partial charge in [-0.1, -0.05) is 36.1 Å². The Kier molecular flexibility index (Phi) is 5.43. The lowest BCUT2D eigenvalue weighted by molar-refractivity contribution is -0.126.